The third-order valence-corrected chi connectivity index (χ3v) is 3.57. The second-order valence-corrected chi connectivity index (χ2v) is 7.27. The molecular weight excluding hydrogens is 394 g/mol. The first-order valence-corrected chi connectivity index (χ1v) is 9.37. The van der Waals surface area contributed by atoms with Gasteiger partial charge in [0, 0.05) is 6.42 Å². The molecule has 10 heteroatoms. The third kappa shape index (κ3) is 10.3. The van der Waals surface area contributed by atoms with Crippen LogP contribution in [0.15, 0.2) is 24.3 Å². The Kier molecular flexibility index (Phi) is 10.1. The van der Waals surface area contributed by atoms with E-state index in [4.69, 9.17) is 14.2 Å². The molecule has 0 saturated heterocycles. The molecule has 0 aliphatic carbocycles. The summed E-state index contributed by atoms with van der Waals surface area (Å²) in [6.07, 6.45) is 0.0924. The monoisotopic (exact) mass is 423 g/mol. The molecule has 1 atom stereocenters. The number of hydrogen-bond donors (Lipinski definition) is 3. The summed E-state index contributed by atoms with van der Waals surface area (Å²) in [5.41, 5.74) is 0.209. The fourth-order valence-electron chi connectivity index (χ4n) is 2.31. The highest BCUT2D eigenvalue weighted by molar-refractivity contribution is 5.86. The van der Waals surface area contributed by atoms with Crippen molar-refractivity contribution >= 4 is 24.4 Å². The minimum atomic E-state index is -0.888. The number of esters is 1. The summed E-state index contributed by atoms with van der Waals surface area (Å²) in [5.74, 6) is -0.517. The second-order valence-electron chi connectivity index (χ2n) is 7.27. The van der Waals surface area contributed by atoms with E-state index in [9.17, 15) is 19.2 Å². The van der Waals surface area contributed by atoms with Crippen LogP contribution in [-0.2, 0) is 30.3 Å². The fraction of sp³-hybridized carbons (Fsp3) is 0.500. The van der Waals surface area contributed by atoms with Crippen LogP contribution in [0.4, 0.5) is 4.79 Å². The standard InChI is InChI=1S/C20H29N3O7/c1-20(2,3)30-19(27)22-9-10-29-15-7-5-14(6-8-15)11-16(18(26)28-4)23-17(25)12-21-13-24/h5-8,13,16H,9-12H2,1-4H3,(H,21,24)(H,22,27)(H,23,25). The maximum atomic E-state index is 11.9. The van der Waals surface area contributed by atoms with Gasteiger partial charge in [0.25, 0.3) is 0 Å². The molecule has 0 heterocycles. The van der Waals surface area contributed by atoms with Gasteiger partial charge in [-0.15, -0.1) is 0 Å². The third-order valence-electron chi connectivity index (χ3n) is 3.57. The first-order chi connectivity index (χ1) is 14.1. The Balaban J connectivity index is 2.51. The summed E-state index contributed by atoms with van der Waals surface area (Å²) in [4.78, 5) is 45.5. The average molecular weight is 423 g/mol. The lowest BCUT2D eigenvalue weighted by atomic mass is 10.1. The number of carbonyl (C=O) groups is 4. The smallest absolute Gasteiger partial charge is 0.407 e. The number of ether oxygens (including phenoxy) is 3. The number of rotatable bonds is 11. The van der Waals surface area contributed by atoms with Crippen LogP contribution >= 0.6 is 0 Å². The van der Waals surface area contributed by atoms with Gasteiger partial charge in [-0.05, 0) is 38.5 Å². The number of alkyl carbamates (subject to hydrolysis) is 1. The number of nitrogens with one attached hydrogen (secondary N) is 3. The van der Waals surface area contributed by atoms with Crippen molar-refractivity contribution in [3.8, 4) is 5.75 Å². The molecule has 166 valence electrons. The summed E-state index contributed by atoms with van der Waals surface area (Å²) >= 11 is 0. The molecule has 0 radical (unpaired) electrons. The van der Waals surface area contributed by atoms with E-state index in [1.54, 1.807) is 45.0 Å². The van der Waals surface area contributed by atoms with Gasteiger partial charge < -0.3 is 30.2 Å². The molecule has 0 aliphatic rings. The first kappa shape index (κ1) is 24.7. The SMILES string of the molecule is COC(=O)C(Cc1ccc(OCCNC(=O)OC(C)(C)C)cc1)NC(=O)CNC=O. The molecule has 0 spiro atoms. The van der Waals surface area contributed by atoms with E-state index >= 15 is 0 Å². The van der Waals surface area contributed by atoms with Crippen LogP contribution in [0.3, 0.4) is 0 Å². The summed E-state index contributed by atoms with van der Waals surface area (Å²) in [6, 6.07) is 6.05. The van der Waals surface area contributed by atoms with Crippen LogP contribution in [0.5, 0.6) is 5.75 Å². The minimum absolute atomic E-state index is 0.208. The Bertz CT molecular complexity index is 714. The maximum Gasteiger partial charge on any atom is 0.407 e. The Labute approximate surface area is 175 Å². The molecular formula is C20H29N3O7. The zero-order chi connectivity index (χ0) is 22.6. The van der Waals surface area contributed by atoms with Gasteiger partial charge >= 0.3 is 12.1 Å². The van der Waals surface area contributed by atoms with Crippen molar-refractivity contribution in [2.24, 2.45) is 0 Å². The highest BCUT2D eigenvalue weighted by Gasteiger charge is 2.22. The van der Waals surface area contributed by atoms with E-state index < -0.39 is 29.6 Å². The van der Waals surface area contributed by atoms with E-state index in [0.717, 1.165) is 5.56 Å². The van der Waals surface area contributed by atoms with Gasteiger partial charge in [-0.1, -0.05) is 12.1 Å². The summed E-state index contributed by atoms with van der Waals surface area (Å²) in [6.45, 7) is 5.64. The van der Waals surface area contributed by atoms with Gasteiger partial charge in [0.1, 0.15) is 24.0 Å². The first-order valence-electron chi connectivity index (χ1n) is 9.37. The van der Waals surface area contributed by atoms with Crippen LogP contribution < -0.4 is 20.7 Å². The predicted molar refractivity (Wildman–Crippen MR) is 108 cm³/mol. The molecule has 10 nitrogen and oxygen atoms in total. The molecule has 3 N–H and O–H groups in total. The molecule has 0 fully saturated rings. The largest absolute Gasteiger partial charge is 0.492 e. The Morgan fingerprint density at radius 3 is 2.37 bits per heavy atom. The van der Waals surface area contributed by atoms with E-state index in [2.05, 4.69) is 16.0 Å². The zero-order valence-corrected chi connectivity index (χ0v) is 17.7. The van der Waals surface area contributed by atoms with E-state index in [-0.39, 0.29) is 26.1 Å². The van der Waals surface area contributed by atoms with E-state index in [0.29, 0.717) is 12.2 Å². The number of carbonyl (C=O) groups excluding carboxylic acids is 4. The minimum Gasteiger partial charge on any atom is -0.492 e. The average Bonchev–Trinajstić information content (AvgIpc) is 2.68. The molecule has 0 aliphatic heterocycles. The summed E-state index contributed by atoms with van der Waals surface area (Å²) < 4.78 is 15.4. The van der Waals surface area contributed by atoms with E-state index in [1.807, 2.05) is 0 Å². The van der Waals surface area contributed by atoms with Crippen LogP contribution in [0, 0.1) is 0 Å². The van der Waals surface area contributed by atoms with Gasteiger partial charge in [0.15, 0.2) is 0 Å². The predicted octanol–water partition coefficient (Wildman–Crippen LogP) is 0.536. The summed E-state index contributed by atoms with van der Waals surface area (Å²) in [5, 5.41) is 7.34. The highest BCUT2D eigenvalue weighted by Crippen LogP contribution is 2.14. The number of hydrogen-bond acceptors (Lipinski definition) is 7. The number of amides is 3. The van der Waals surface area contributed by atoms with Crippen LogP contribution in [0.2, 0.25) is 0 Å². The van der Waals surface area contributed by atoms with Crippen LogP contribution in [-0.4, -0.2) is 62.8 Å². The van der Waals surface area contributed by atoms with Gasteiger partial charge in [-0.3, -0.25) is 9.59 Å². The van der Waals surface area contributed by atoms with Crippen molar-refractivity contribution in [2.45, 2.75) is 38.8 Å². The lowest BCUT2D eigenvalue weighted by molar-refractivity contribution is -0.144. The van der Waals surface area contributed by atoms with Gasteiger partial charge in [0.2, 0.25) is 12.3 Å². The van der Waals surface area contributed by atoms with E-state index in [1.165, 1.54) is 7.11 Å². The summed E-state index contributed by atoms with van der Waals surface area (Å²) in [7, 11) is 1.23. The Morgan fingerprint density at radius 2 is 1.80 bits per heavy atom. The lowest BCUT2D eigenvalue weighted by Gasteiger charge is -2.19. The molecule has 0 aromatic heterocycles. The van der Waals surface area contributed by atoms with Crippen LogP contribution in [0.1, 0.15) is 26.3 Å². The van der Waals surface area contributed by atoms with Crippen molar-refractivity contribution in [1.29, 1.82) is 0 Å². The van der Waals surface area contributed by atoms with Crippen LogP contribution in [0.25, 0.3) is 0 Å². The topological polar surface area (TPSA) is 132 Å². The second kappa shape index (κ2) is 12.3. The lowest BCUT2D eigenvalue weighted by Crippen LogP contribution is -2.46. The molecule has 1 rings (SSSR count). The van der Waals surface area contributed by atoms with Crippen molar-refractivity contribution in [2.75, 3.05) is 26.8 Å². The molecule has 0 bridgehead atoms. The van der Waals surface area contributed by atoms with Gasteiger partial charge in [-0.25, -0.2) is 9.59 Å². The maximum absolute atomic E-state index is 11.9. The van der Waals surface area contributed by atoms with Crippen molar-refractivity contribution in [3.05, 3.63) is 29.8 Å². The molecule has 1 aromatic carbocycles. The van der Waals surface area contributed by atoms with Crippen molar-refractivity contribution in [3.63, 3.8) is 0 Å². The number of benzene rings is 1. The zero-order valence-electron chi connectivity index (χ0n) is 17.7. The molecule has 30 heavy (non-hydrogen) atoms. The van der Waals surface area contributed by atoms with Gasteiger partial charge in [0.05, 0.1) is 20.2 Å². The van der Waals surface area contributed by atoms with Crippen molar-refractivity contribution in [1.82, 2.24) is 16.0 Å². The fourth-order valence-corrected chi connectivity index (χ4v) is 2.31. The van der Waals surface area contributed by atoms with Gasteiger partial charge in [-0.2, -0.15) is 0 Å². The molecule has 0 saturated carbocycles. The number of methoxy groups -OCH3 is 1. The molecule has 1 aromatic rings. The quantitative estimate of drug-likeness (QED) is 0.269. The normalized spacial score (nSPS) is 11.6. The highest BCUT2D eigenvalue weighted by atomic mass is 16.6. The van der Waals surface area contributed by atoms with Crippen molar-refractivity contribution < 1.29 is 33.4 Å². The Hall–Kier alpha value is -3.30. The Morgan fingerprint density at radius 1 is 1.13 bits per heavy atom. The molecule has 1 unspecified atom stereocenters. The molecule has 3 amide bonds.